The van der Waals surface area contributed by atoms with Gasteiger partial charge < -0.3 is 5.32 Å². The van der Waals surface area contributed by atoms with Crippen molar-refractivity contribution < 1.29 is 13.2 Å². The van der Waals surface area contributed by atoms with E-state index in [1.54, 1.807) is 12.1 Å². The van der Waals surface area contributed by atoms with Gasteiger partial charge in [-0.3, -0.25) is 9.52 Å². The van der Waals surface area contributed by atoms with E-state index >= 15 is 0 Å². The van der Waals surface area contributed by atoms with Crippen molar-refractivity contribution in [2.75, 3.05) is 22.0 Å². The fraction of sp³-hybridized carbons (Fsp3) is 0.214. The van der Waals surface area contributed by atoms with Crippen molar-refractivity contribution in [3.8, 4) is 0 Å². The Kier molecular flexibility index (Phi) is 6.87. The summed E-state index contributed by atoms with van der Waals surface area (Å²) in [5, 5.41) is 10.6. The average molecular weight is 417 g/mol. The van der Waals surface area contributed by atoms with Crippen molar-refractivity contribution in [2.24, 2.45) is 0 Å². The van der Waals surface area contributed by atoms with Gasteiger partial charge in [0.15, 0.2) is 4.34 Å². The molecule has 7 nitrogen and oxygen atoms in total. The third-order valence-corrected chi connectivity index (χ3v) is 6.97. The molecule has 0 aliphatic rings. The van der Waals surface area contributed by atoms with Crippen molar-refractivity contribution in [1.29, 1.82) is 0 Å². The van der Waals surface area contributed by atoms with Crippen LogP contribution < -0.4 is 10.0 Å². The van der Waals surface area contributed by atoms with Crippen LogP contribution in [0.3, 0.4) is 0 Å². The molecule has 134 valence electrons. The van der Waals surface area contributed by atoms with Crippen LogP contribution in [0, 0.1) is 0 Å². The van der Waals surface area contributed by atoms with Gasteiger partial charge in [-0.05, 0) is 24.5 Å². The number of carbonyl (C=O) groups is 1. The first-order valence-corrected chi connectivity index (χ1v) is 11.4. The monoisotopic (exact) mass is 416 g/mol. The summed E-state index contributed by atoms with van der Waals surface area (Å²) in [4.78, 5) is 12.1. The topological polar surface area (TPSA) is 101 Å². The first kappa shape index (κ1) is 19.8. The molecule has 0 bridgehead atoms. The number of benzene rings is 1. The summed E-state index contributed by atoms with van der Waals surface area (Å²) in [5.41, 5.74) is 0.447. The van der Waals surface area contributed by atoms with Gasteiger partial charge in [-0.2, -0.15) is 0 Å². The number of rotatable bonds is 8. The minimum atomic E-state index is -3.84. The molecule has 0 aliphatic carbocycles. The number of thioether (sulfide) groups is 2. The Hall–Kier alpha value is -1.56. The molecule has 0 radical (unpaired) electrons. The van der Waals surface area contributed by atoms with Crippen molar-refractivity contribution in [1.82, 2.24) is 10.2 Å². The minimum Gasteiger partial charge on any atom is -0.325 e. The fourth-order valence-electron chi connectivity index (χ4n) is 1.76. The summed E-state index contributed by atoms with van der Waals surface area (Å²) in [7, 11) is -3.84. The molecule has 11 heteroatoms. The predicted octanol–water partition coefficient (Wildman–Crippen LogP) is 3.30. The third-order valence-electron chi connectivity index (χ3n) is 2.74. The molecular formula is C14H16N4O3S4. The number of amides is 1. The summed E-state index contributed by atoms with van der Waals surface area (Å²) < 4.78 is 28.2. The van der Waals surface area contributed by atoms with Crippen molar-refractivity contribution in [3.63, 3.8) is 0 Å². The standard InChI is InChI=1S/C14H16N4O3S4/c1-4-7-23-14-17-16-13(24-14)18-25(20,21)10-5-6-12(22-3)11(8-10)15-9(2)19/h4-6,8H,1,7H2,2-3H3,(H,15,19)(H,16,18). The minimum absolute atomic E-state index is 0.0320. The largest absolute Gasteiger partial charge is 0.325 e. The number of anilines is 2. The highest BCUT2D eigenvalue weighted by Gasteiger charge is 2.19. The fourth-order valence-corrected chi connectivity index (χ4v) is 5.06. The first-order valence-electron chi connectivity index (χ1n) is 6.91. The number of hydrogen-bond donors (Lipinski definition) is 2. The molecule has 0 fully saturated rings. The van der Waals surface area contributed by atoms with Crippen LogP contribution in [0.15, 0.2) is 45.0 Å². The normalized spacial score (nSPS) is 11.1. The van der Waals surface area contributed by atoms with E-state index in [0.717, 1.165) is 16.2 Å². The van der Waals surface area contributed by atoms with Gasteiger partial charge >= 0.3 is 0 Å². The Labute approximate surface area is 158 Å². The van der Waals surface area contributed by atoms with Gasteiger partial charge in [0.25, 0.3) is 10.0 Å². The molecular weight excluding hydrogens is 400 g/mol. The number of nitrogens with zero attached hydrogens (tertiary/aromatic N) is 2. The molecule has 0 saturated heterocycles. The van der Waals surface area contributed by atoms with Gasteiger partial charge in [-0.15, -0.1) is 28.5 Å². The predicted molar refractivity (Wildman–Crippen MR) is 104 cm³/mol. The highest BCUT2D eigenvalue weighted by Crippen LogP contribution is 2.30. The maximum Gasteiger partial charge on any atom is 0.263 e. The maximum absolute atomic E-state index is 12.5. The van der Waals surface area contributed by atoms with Crippen LogP contribution in [0.5, 0.6) is 0 Å². The summed E-state index contributed by atoms with van der Waals surface area (Å²) >= 11 is 3.98. The zero-order valence-corrected chi connectivity index (χ0v) is 16.7. The Balaban J connectivity index is 2.25. The Morgan fingerprint density at radius 3 is 2.80 bits per heavy atom. The summed E-state index contributed by atoms with van der Waals surface area (Å²) in [6.07, 6.45) is 3.57. The molecule has 2 rings (SSSR count). The van der Waals surface area contributed by atoms with E-state index in [9.17, 15) is 13.2 Å². The van der Waals surface area contributed by atoms with Crippen molar-refractivity contribution in [3.05, 3.63) is 30.9 Å². The van der Waals surface area contributed by atoms with E-state index in [1.165, 1.54) is 42.6 Å². The van der Waals surface area contributed by atoms with E-state index < -0.39 is 10.0 Å². The zero-order chi connectivity index (χ0) is 18.4. The average Bonchev–Trinajstić information content (AvgIpc) is 2.99. The van der Waals surface area contributed by atoms with Gasteiger partial charge in [0.1, 0.15) is 0 Å². The summed E-state index contributed by atoms with van der Waals surface area (Å²) in [5.74, 6) is 0.392. The lowest BCUT2D eigenvalue weighted by atomic mass is 10.3. The van der Waals surface area contributed by atoms with Gasteiger partial charge in [0.2, 0.25) is 11.0 Å². The second kappa shape index (κ2) is 8.70. The van der Waals surface area contributed by atoms with Gasteiger partial charge in [0, 0.05) is 17.6 Å². The SMILES string of the molecule is C=CCSc1nnc(NS(=O)(=O)c2ccc(SC)c(NC(C)=O)c2)s1. The number of hydrogen-bond acceptors (Lipinski definition) is 8. The highest BCUT2D eigenvalue weighted by molar-refractivity contribution is 8.01. The lowest BCUT2D eigenvalue weighted by Crippen LogP contribution is -2.14. The molecule has 0 unspecified atom stereocenters. The second-order valence-electron chi connectivity index (χ2n) is 4.62. The van der Waals surface area contributed by atoms with E-state index in [4.69, 9.17) is 0 Å². The lowest BCUT2D eigenvalue weighted by molar-refractivity contribution is -0.114. The lowest BCUT2D eigenvalue weighted by Gasteiger charge is -2.11. The van der Waals surface area contributed by atoms with Gasteiger partial charge in [0.05, 0.1) is 10.6 Å². The van der Waals surface area contributed by atoms with E-state index in [2.05, 4.69) is 26.8 Å². The molecule has 2 N–H and O–H groups in total. The van der Waals surface area contributed by atoms with Crippen LogP contribution in [-0.2, 0) is 14.8 Å². The van der Waals surface area contributed by atoms with Crippen LogP contribution in [0.4, 0.5) is 10.8 Å². The van der Waals surface area contributed by atoms with E-state index in [0.29, 0.717) is 15.8 Å². The molecule has 1 amide bonds. The molecule has 0 saturated carbocycles. The quantitative estimate of drug-likeness (QED) is 0.503. The molecule has 0 atom stereocenters. The van der Waals surface area contributed by atoms with Crippen LogP contribution in [0.1, 0.15) is 6.92 Å². The number of aromatic nitrogens is 2. The van der Waals surface area contributed by atoms with Crippen LogP contribution >= 0.6 is 34.9 Å². The maximum atomic E-state index is 12.5. The van der Waals surface area contributed by atoms with Crippen LogP contribution in [-0.4, -0.2) is 36.5 Å². The third kappa shape index (κ3) is 5.46. The smallest absolute Gasteiger partial charge is 0.263 e. The molecule has 1 aromatic carbocycles. The van der Waals surface area contributed by atoms with Crippen molar-refractivity contribution in [2.45, 2.75) is 21.1 Å². The van der Waals surface area contributed by atoms with Gasteiger partial charge in [-0.1, -0.05) is 29.2 Å². The molecule has 2 aromatic rings. The summed E-state index contributed by atoms with van der Waals surface area (Å²) in [6.45, 7) is 4.99. The number of nitrogens with one attached hydrogen (secondary N) is 2. The Morgan fingerprint density at radius 1 is 1.40 bits per heavy atom. The number of carbonyl (C=O) groups excluding carboxylic acids is 1. The summed E-state index contributed by atoms with van der Waals surface area (Å²) in [6, 6.07) is 4.55. The van der Waals surface area contributed by atoms with Crippen molar-refractivity contribution >= 4 is 61.6 Å². The second-order valence-corrected chi connectivity index (χ2v) is 9.40. The van der Waals surface area contributed by atoms with Gasteiger partial charge in [-0.25, -0.2) is 8.42 Å². The Morgan fingerprint density at radius 2 is 2.16 bits per heavy atom. The number of sulfonamides is 1. The molecule has 0 aliphatic heterocycles. The Bertz CT molecular complexity index is 880. The first-order chi connectivity index (χ1) is 11.9. The molecule has 1 aromatic heterocycles. The molecule has 0 spiro atoms. The molecule has 25 heavy (non-hydrogen) atoms. The molecule has 1 heterocycles. The van der Waals surface area contributed by atoms with E-state index in [1.807, 2.05) is 6.26 Å². The highest BCUT2D eigenvalue weighted by atomic mass is 32.2. The zero-order valence-electron chi connectivity index (χ0n) is 13.5. The van der Waals surface area contributed by atoms with Crippen LogP contribution in [0.25, 0.3) is 0 Å². The van der Waals surface area contributed by atoms with Crippen LogP contribution in [0.2, 0.25) is 0 Å². The van der Waals surface area contributed by atoms with E-state index in [-0.39, 0.29) is 15.9 Å².